The molecule has 2 aliphatic heterocycles. The van der Waals surface area contributed by atoms with Crippen molar-refractivity contribution in [2.45, 2.75) is 19.8 Å². The Morgan fingerprint density at radius 3 is 2.61 bits per heavy atom. The number of nitrogens with zero attached hydrogens (tertiary/aromatic N) is 6. The summed E-state index contributed by atoms with van der Waals surface area (Å²) in [6, 6.07) is 4.89. The van der Waals surface area contributed by atoms with Crippen LogP contribution in [0.3, 0.4) is 0 Å². The van der Waals surface area contributed by atoms with Crippen LogP contribution in [-0.4, -0.2) is 72.6 Å². The van der Waals surface area contributed by atoms with Crippen molar-refractivity contribution in [1.29, 1.82) is 0 Å². The topological polar surface area (TPSA) is 117 Å². The highest BCUT2D eigenvalue weighted by Gasteiger charge is 2.39. The zero-order valence-electron chi connectivity index (χ0n) is 17.2. The summed E-state index contributed by atoms with van der Waals surface area (Å²) >= 11 is 0. The number of piperidine rings is 1. The van der Waals surface area contributed by atoms with Crippen molar-refractivity contribution in [3.8, 4) is 0 Å². The highest BCUT2D eigenvalue weighted by atomic mass is 16.2. The second-order valence-electron chi connectivity index (χ2n) is 8.35. The fourth-order valence-electron chi connectivity index (χ4n) is 4.55. The lowest BCUT2D eigenvalue weighted by Gasteiger charge is -2.46. The van der Waals surface area contributed by atoms with Crippen molar-refractivity contribution >= 4 is 17.5 Å². The fraction of sp³-hybridized carbons (Fsp3) is 0.429. The molecule has 10 heteroatoms. The van der Waals surface area contributed by atoms with Crippen LogP contribution >= 0.6 is 0 Å². The number of rotatable bonds is 3. The van der Waals surface area contributed by atoms with Gasteiger partial charge in [-0.3, -0.25) is 18.8 Å². The summed E-state index contributed by atoms with van der Waals surface area (Å²) in [6.45, 7) is 4.57. The van der Waals surface area contributed by atoms with Gasteiger partial charge in [0.05, 0.1) is 17.3 Å². The number of aromatic nitrogens is 5. The van der Waals surface area contributed by atoms with Crippen LogP contribution in [0.1, 0.15) is 39.4 Å². The van der Waals surface area contributed by atoms with E-state index in [0.29, 0.717) is 42.6 Å². The summed E-state index contributed by atoms with van der Waals surface area (Å²) in [5.74, 6) is 1.31. The quantitative estimate of drug-likeness (QED) is 0.667. The van der Waals surface area contributed by atoms with Gasteiger partial charge in [-0.05, 0) is 43.7 Å². The molecule has 0 bridgehead atoms. The molecule has 0 aromatic carbocycles. The Bertz CT molecular complexity index is 1210. The molecule has 0 spiro atoms. The molecule has 10 nitrogen and oxygen atoms in total. The van der Waals surface area contributed by atoms with E-state index >= 15 is 0 Å². The minimum absolute atomic E-state index is 0.0153. The van der Waals surface area contributed by atoms with Crippen LogP contribution in [0.15, 0.2) is 35.4 Å². The SMILES string of the molecule is Cc1nnc2ccc(C(=O)N3CCCC(C4CN(C(=O)c5cn[nH]c(=O)c5)C4)C3)cn12. The minimum atomic E-state index is -0.385. The highest BCUT2D eigenvalue weighted by molar-refractivity contribution is 5.95. The molecule has 5 rings (SSSR count). The zero-order valence-corrected chi connectivity index (χ0v) is 17.2. The maximum atomic E-state index is 13.1. The predicted octanol–water partition coefficient (Wildman–Crippen LogP) is 0.745. The zero-order chi connectivity index (χ0) is 21.5. The number of amides is 2. The van der Waals surface area contributed by atoms with Crippen LogP contribution in [-0.2, 0) is 0 Å². The molecule has 2 saturated heterocycles. The number of pyridine rings is 1. The van der Waals surface area contributed by atoms with Crippen molar-refractivity contribution in [3.05, 3.63) is 57.9 Å². The Balaban J connectivity index is 1.22. The summed E-state index contributed by atoms with van der Waals surface area (Å²) in [6.07, 6.45) is 5.18. The number of aromatic amines is 1. The molecule has 1 unspecified atom stereocenters. The lowest BCUT2D eigenvalue weighted by molar-refractivity contribution is 0.0187. The average molecular weight is 421 g/mol. The van der Waals surface area contributed by atoms with Crippen molar-refractivity contribution < 1.29 is 9.59 Å². The van der Waals surface area contributed by atoms with Crippen molar-refractivity contribution in [3.63, 3.8) is 0 Å². The van der Waals surface area contributed by atoms with E-state index in [2.05, 4.69) is 20.4 Å². The van der Waals surface area contributed by atoms with Gasteiger partial charge in [0.15, 0.2) is 5.65 Å². The van der Waals surface area contributed by atoms with Crippen molar-refractivity contribution in [2.24, 2.45) is 11.8 Å². The number of carbonyl (C=O) groups is 2. The molecule has 160 valence electrons. The Hall–Kier alpha value is -3.56. The van der Waals surface area contributed by atoms with E-state index in [1.54, 1.807) is 17.2 Å². The van der Waals surface area contributed by atoms with Crippen molar-refractivity contribution in [2.75, 3.05) is 26.2 Å². The normalized spacial score (nSPS) is 19.5. The van der Waals surface area contributed by atoms with Crippen LogP contribution < -0.4 is 5.56 Å². The summed E-state index contributed by atoms with van der Waals surface area (Å²) in [7, 11) is 0. The molecule has 1 atom stereocenters. The van der Waals surface area contributed by atoms with Gasteiger partial charge in [-0.1, -0.05) is 0 Å². The Morgan fingerprint density at radius 2 is 1.81 bits per heavy atom. The number of H-pyrrole nitrogens is 1. The predicted molar refractivity (Wildman–Crippen MR) is 111 cm³/mol. The van der Waals surface area contributed by atoms with Crippen LogP contribution in [0, 0.1) is 18.8 Å². The summed E-state index contributed by atoms with van der Waals surface area (Å²) < 4.78 is 1.83. The van der Waals surface area contributed by atoms with E-state index in [1.165, 1.54) is 12.3 Å². The third-order valence-electron chi connectivity index (χ3n) is 6.34. The number of carbonyl (C=O) groups excluding carboxylic acids is 2. The first-order valence-electron chi connectivity index (χ1n) is 10.4. The smallest absolute Gasteiger partial charge is 0.264 e. The summed E-state index contributed by atoms with van der Waals surface area (Å²) in [4.78, 5) is 40.7. The van der Waals surface area contributed by atoms with E-state index in [0.717, 1.165) is 30.9 Å². The number of nitrogens with one attached hydrogen (secondary N) is 1. The first-order chi connectivity index (χ1) is 15.0. The molecule has 0 saturated carbocycles. The van der Waals surface area contributed by atoms with Gasteiger partial charge in [0.1, 0.15) is 5.82 Å². The van der Waals surface area contributed by atoms with Gasteiger partial charge in [0.2, 0.25) is 0 Å². The second-order valence-corrected chi connectivity index (χ2v) is 8.35. The molecule has 3 aromatic rings. The molecule has 1 N–H and O–H groups in total. The van der Waals surface area contributed by atoms with Crippen LogP contribution in [0.2, 0.25) is 0 Å². The average Bonchev–Trinajstić information content (AvgIpc) is 3.12. The van der Waals surface area contributed by atoms with Gasteiger partial charge < -0.3 is 9.80 Å². The minimum Gasteiger partial charge on any atom is -0.338 e. The van der Waals surface area contributed by atoms with Gasteiger partial charge >= 0.3 is 0 Å². The molecule has 0 radical (unpaired) electrons. The molecular formula is C21H23N7O3. The number of hydrogen-bond acceptors (Lipinski definition) is 6. The van der Waals surface area contributed by atoms with Gasteiger partial charge in [0, 0.05) is 38.4 Å². The van der Waals surface area contributed by atoms with Crippen LogP contribution in [0.5, 0.6) is 0 Å². The van der Waals surface area contributed by atoms with Gasteiger partial charge in [-0.2, -0.15) is 5.10 Å². The molecule has 2 fully saturated rings. The standard InChI is InChI=1S/C21H23N7O3/c1-13-23-24-18-5-4-15(12-28(13)18)20(30)26-6-2-3-14(9-26)17-10-27(11-17)21(31)16-7-19(29)25-22-8-16/h4-5,7-8,12,14,17H,2-3,6,9-11H2,1H3,(H,25,29). The molecule has 3 aromatic heterocycles. The second kappa shape index (κ2) is 7.60. The first-order valence-corrected chi connectivity index (χ1v) is 10.4. The molecular weight excluding hydrogens is 398 g/mol. The lowest BCUT2D eigenvalue weighted by Crippen LogP contribution is -2.56. The Morgan fingerprint density at radius 1 is 1.03 bits per heavy atom. The first kappa shape index (κ1) is 19.4. The molecule has 2 amide bonds. The summed E-state index contributed by atoms with van der Waals surface area (Å²) in [5, 5.41) is 14.1. The monoisotopic (exact) mass is 421 g/mol. The third kappa shape index (κ3) is 3.58. The number of aryl methyl sites for hydroxylation is 1. The van der Waals surface area contributed by atoms with E-state index in [9.17, 15) is 14.4 Å². The fourth-order valence-corrected chi connectivity index (χ4v) is 4.55. The molecule has 5 heterocycles. The van der Waals surface area contributed by atoms with E-state index in [1.807, 2.05) is 22.3 Å². The molecule has 31 heavy (non-hydrogen) atoms. The maximum absolute atomic E-state index is 13.1. The Kier molecular flexibility index (Phi) is 4.76. The van der Waals surface area contributed by atoms with Crippen LogP contribution in [0.4, 0.5) is 0 Å². The van der Waals surface area contributed by atoms with E-state index in [-0.39, 0.29) is 17.4 Å². The number of hydrogen-bond donors (Lipinski definition) is 1. The van der Waals surface area contributed by atoms with Crippen molar-refractivity contribution in [1.82, 2.24) is 34.6 Å². The van der Waals surface area contributed by atoms with E-state index in [4.69, 9.17) is 0 Å². The maximum Gasteiger partial charge on any atom is 0.264 e. The van der Waals surface area contributed by atoms with E-state index < -0.39 is 0 Å². The lowest BCUT2D eigenvalue weighted by atomic mass is 9.80. The van der Waals surface area contributed by atoms with Gasteiger partial charge in [-0.25, -0.2) is 5.10 Å². The van der Waals surface area contributed by atoms with Crippen LogP contribution in [0.25, 0.3) is 5.65 Å². The largest absolute Gasteiger partial charge is 0.338 e. The highest BCUT2D eigenvalue weighted by Crippen LogP contribution is 2.32. The molecule has 2 aliphatic rings. The number of likely N-dealkylation sites (tertiary alicyclic amines) is 2. The van der Waals surface area contributed by atoms with Gasteiger partial charge in [0.25, 0.3) is 17.4 Å². The third-order valence-corrected chi connectivity index (χ3v) is 6.34. The van der Waals surface area contributed by atoms with Gasteiger partial charge in [-0.15, -0.1) is 10.2 Å². The molecule has 0 aliphatic carbocycles. The Labute approximate surface area is 177 Å². The summed E-state index contributed by atoms with van der Waals surface area (Å²) in [5.41, 5.74) is 1.27. The number of fused-ring (bicyclic) bond motifs is 1.